The van der Waals surface area contributed by atoms with Gasteiger partial charge in [-0.05, 0) is 37.6 Å². The van der Waals surface area contributed by atoms with Crippen molar-refractivity contribution in [3.05, 3.63) is 60.7 Å². The van der Waals surface area contributed by atoms with Crippen molar-refractivity contribution in [3.8, 4) is 17.0 Å². The van der Waals surface area contributed by atoms with Crippen LogP contribution in [-0.2, 0) is 0 Å². The summed E-state index contributed by atoms with van der Waals surface area (Å²) in [5.74, 6) is 1.53. The first-order chi connectivity index (χ1) is 12.1. The van der Waals surface area contributed by atoms with Gasteiger partial charge in [0.05, 0.1) is 5.69 Å². The van der Waals surface area contributed by atoms with Crippen LogP contribution in [0.25, 0.3) is 11.3 Å². The predicted octanol–water partition coefficient (Wildman–Crippen LogP) is 4.80. The Kier molecular flexibility index (Phi) is 5.14. The molecule has 0 unspecified atom stereocenters. The Morgan fingerprint density at radius 1 is 1.00 bits per heavy atom. The molecular weight excluding hydrogens is 312 g/mol. The minimum Gasteiger partial charge on any atom is -0.508 e. The van der Waals surface area contributed by atoms with Gasteiger partial charge in [-0.2, -0.15) is 4.98 Å². The average Bonchev–Trinajstić information content (AvgIpc) is 2.64. The number of rotatable bonds is 6. The quantitative estimate of drug-likeness (QED) is 0.565. The van der Waals surface area contributed by atoms with Crippen molar-refractivity contribution >= 4 is 17.5 Å². The number of phenolic OH excluding ortho intramolecular Hbond substituents is 1. The molecule has 0 saturated heterocycles. The van der Waals surface area contributed by atoms with Crippen LogP contribution < -0.4 is 10.6 Å². The lowest BCUT2D eigenvalue weighted by atomic mass is 10.1. The Balaban J connectivity index is 1.95. The Morgan fingerprint density at radius 3 is 2.40 bits per heavy atom. The van der Waals surface area contributed by atoms with Crippen molar-refractivity contribution in [2.75, 3.05) is 10.6 Å². The lowest BCUT2D eigenvalue weighted by molar-refractivity contribution is 0.475. The fourth-order valence-corrected chi connectivity index (χ4v) is 2.35. The van der Waals surface area contributed by atoms with Crippen molar-refractivity contribution in [1.29, 1.82) is 0 Å². The Hall–Kier alpha value is -3.08. The third-order valence-corrected chi connectivity index (χ3v) is 3.92. The van der Waals surface area contributed by atoms with Crippen molar-refractivity contribution in [2.24, 2.45) is 0 Å². The molecule has 5 heteroatoms. The van der Waals surface area contributed by atoms with Crippen molar-refractivity contribution in [1.82, 2.24) is 9.97 Å². The van der Waals surface area contributed by atoms with E-state index >= 15 is 0 Å². The van der Waals surface area contributed by atoms with E-state index < -0.39 is 0 Å². The highest BCUT2D eigenvalue weighted by Crippen LogP contribution is 2.24. The molecule has 3 N–H and O–H groups in total. The number of aromatic hydroxyl groups is 1. The van der Waals surface area contributed by atoms with Crippen molar-refractivity contribution in [2.45, 2.75) is 26.3 Å². The van der Waals surface area contributed by atoms with Gasteiger partial charge in [0.25, 0.3) is 0 Å². The topological polar surface area (TPSA) is 70.1 Å². The SMILES string of the molecule is CC[C@@H](C)Nc1nc(Nc2ccc(O)cc2)cc(-c2ccccc2)n1. The summed E-state index contributed by atoms with van der Waals surface area (Å²) in [6, 6.07) is 19.1. The molecule has 1 heterocycles. The van der Waals surface area contributed by atoms with E-state index in [1.807, 2.05) is 36.4 Å². The van der Waals surface area contributed by atoms with E-state index in [9.17, 15) is 5.11 Å². The largest absolute Gasteiger partial charge is 0.508 e. The molecule has 1 aromatic heterocycles. The molecule has 0 amide bonds. The fraction of sp³-hybridized carbons (Fsp3) is 0.200. The zero-order valence-electron chi connectivity index (χ0n) is 14.4. The van der Waals surface area contributed by atoms with Gasteiger partial charge in [-0.3, -0.25) is 0 Å². The Bertz CT molecular complexity index is 819. The summed E-state index contributed by atoms with van der Waals surface area (Å²) in [6.07, 6.45) is 0.986. The summed E-state index contributed by atoms with van der Waals surface area (Å²) >= 11 is 0. The standard InChI is InChI=1S/C20H22N4O/c1-3-14(2)21-20-23-18(15-7-5-4-6-8-15)13-19(24-20)22-16-9-11-17(25)12-10-16/h4-14,25H,3H2,1-2H3,(H2,21,22,23,24)/t14-/m1/s1. The number of hydrogen-bond acceptors (Lipinski definition) is 5. The van der Waals surface area contributed by atoms with E-state index in [1.54, 1.807) is 24.3 Å². The number of nitrogens with zero attached hydrogens (tertiary/aromatic N) is 2. The Labute approximate surface area is 147 Å². The molecule has 0 radical (unpaired) electrons. The van der Waals surface area contributed by atoms with E-state index in [-0.39, 0.29) is 11.8 Å². The normalized spacial score (nSPS) is 11.8. The van der Waals surface area contributed by atoms with Gasteiger partial charge in [0, 0.05) is 23.4 Å². The molecule has 0 saturated carbocycles. The number of benzene rings is 2. The second-order valence-corrected chi connectivity index (χ2v) is 5.95. The molecule has 1 atom stereocenters. The maximum atomic E-state index is 9.42. The van der Waals surface area contributed by atoms with E-state index in [1.165, 1.54) is 0 Å². The molecule has 3 aromatic rings. The van der Waals surface area contributed by atoms with Crippen LogP contribution in [0, 0.1) is 0 Å². The molecule has 0 aliphatic heterocycles. The summed E-state index contributed by atoms with van der Waals surface area (Å²) in [6.45, 7) is 4.22. The van der Waals surface area contributed by atoms with Gasteiger partial charge in [-0.15, -0.1) is 0 Å². The van der Waals surface area contributed by atoms with Crippen LogP contribution in [-0.4, -0.2) is 21.1 Å². The summed E-state index contributed by atoms with van der Waals surface area (Å²) in [5, 5.41) is 16.0. The smallest absolute Gasteiger partial charge is 0.225 e. The first-order valence-corrected chi connectivity index (χ1v) is 8.41. The average molecular weight is 334 g/mol. The highest BCUT2D eigenvalue weighted by Gasteiger charge is 2.09. The monoisotopic (exact) mass is 334 g/mol. The zero-order chi connectivity index (χ0) is 17.6. The molecule has 3 rings (SSSR count). The highest BCUT2D eigenvalue weighted by atomic mass is 16.3. The van der Waals surface area contributed by atoms with E-state index in [2.05, 4.69) is 34.4 Å². The highest BCUT2D eigenvalue weighted by molar-refractivity contribution is 5.67. The molecular formula is C20H22N4O. The summed E-state index contributed by atoms with van der Waals surface area (Å²) in [4.78, 5) is 9.21. The minimum absolute atomic E-state index is 0.234. The van der Waals surface area contributed by atoms with Gasteiger partial charge >= 0.3 is 0 Å². The maximum Gasteiger partial charge on any atom is 0.225 e. The molecule has 25 heavy (non-hydrogen) atoms. The summed E-state index contributed by atoms with van der Waals surface area (Å²) < 4.78 is 0. The van der Waals surface area contributed by atoms with Crippen LogP contribution in [0.15, 0.2) is 60.7 Å². The minimum atomic E-state index is 0.234. The van der Waals surface area contributed by atoms with Gasteiger partial charge in [0.1, 0.15) is 11.6 Å². The molecule has 5 nitrogen and oxygen atoms in total. The second kappa shape index (κ2) is 7.66. The third-order valence-electron chi connectivity index (χ3n) is 3.92. The molecule has 2 aromatic carbocycles. The molecule has 0 spiro atoms. The lowest BCUT2D eigenvalue weighted by Gasteiger charge is -2.14. The van der Waals surface area contributed by atoms with Gasteiger partial charge in [-0.25, -0.2) is 4.98 Å². The number of hydrogen-bond donors (Lipinski definition) is 3. The lowest BCUT2D eigenvalue weighted by Crippen LogP contribution is -2.16. The van der Waals surface area contributed by atoms with Gasteiger partial charge in [0.2, 0.25) is 5.95 Å². The van der Waals surface area contributed by atoms with Gasteiger partial charge < -0.3 is 15.7 Å². The number of nitrogens with one attached hydrogen (secondary N) is 2. The van der Waals surface area contributed by atoms with E-state index in [0.717, 1.165) is 23.4 Å². The molecule has 0 fully saturated rings. The molecule has 0 aliphatic rings. The predicted molar refractivity (Wildman–Crippen MR) is 102 cm³/mol. The van der Waals surface area contributed by atoms with Crippen LogP contribution in [0.3, 0.4) is 0 Å². The van der Waals surface area contributed by atoms with Crippen molar-refractivity contribution < 1.29 is 5.11 Å². The summed E-state index contributed by atoms with van der Waals surface area (Å²) in [7, 11) is 0. The van der Waals surface area contributed by atoms with Crippen LogP contribution in [0.1, 0.15) is 20.3 Å². The van der Waals surface area contributed by atoms with Gasteiger partial charge in [0.15, 0.2) is 0 Å². The number of phenols is 1. The van der Waals surface area contributed by atoms with Crippen LogP contribution >= 0.6 is 0 Å². The first-order valence-electron chi connectivity index (χ1n) is 8.41. The van der Waals surface area contributed by atoms with E-state index in [0.29, 0.717) is 11.8 Å². The first kappa shape index (κ1) is 16.8. The Morgan fingerprint density at radius 2 is 1.72 bits per heavy atom. The van der Waals surface area contributed by atoms with Crippen molar-refractivity contribution in [3.63, 3.8) is 0 Å². The molecule has 0 bridgehead atoms. The van der Waals surface area contributed by atoms with Crippen LogP contribution in [0.4, 0.5) is 17.5 Å². The second-order valence-electron chi connectivity index (χ2n) is 5.95. The number of anilines is 3. The van der Waals surface area contributed by atoms with Crippen LogP contribution in [0.5, 0.6) is 5.75 Å². The molecule has 0 aliphatic carbocycles. The molecule has 128 valence electrons. The summed E-state index contributed by atoms with van der Waals surface area (Å²) in [5.41, 5.74) is 2.73. The van der Waals surface area contributed by atoms with Gasteiger partial charge in [-0.1, -0.05) is 37.3 Å². The third kappa shape index (κ3) is 4.47. The maximum absolute atomic E-state index is 9.42. The zero-order valence-corrected chi connectivity index (χ0v) is 14.4. The van der Waals surface area contributed by atoms with E-state index in [4.69, 9.17) is 0 Å². The number of aromatic nitrogens is 2. The fourth-order valence-electron chi connectivity index (χ4n) is 2.35. The van der Waals surface area contributed by atoms with Crippen LogP contribution in [0.2, 0.25) is 0 Å².